The molecule has 16 heavy (non-hydrogen) atoms. The normalized spacial score (nSPS) is 9.81. The molecular formula is C8H7BrN6O. The SMILES string of the molecule is O=C(Nc1cccc(Br)c1)Nc1nn[nH]n1. The van der Waals surface area contributed by atoms with Crippen LogP contribution in [0.1, 0.15) is 0 Å². The van der Waals surface area contributed by atoms with Crippen LogP contribution in [0.3, 0.4) is 0 Å². The Hall–Kier alpha value is -1.96. The molecule has 0 unspecified atom stereocenters. The molecule has 2 amide bonds. The number of hydrogen-bond acceptors (Lipinski definition) is 4. The van der Waals surface area contributed by atoms with Gasteiger partial charge in [-0.15, -0.1) is 5.10 Å². The molecule has 1 heterocycles. The summed E-state index contributed by atoms with van der Waals surface area (Å²) in [4.78, 5) is 11.4. The van der Waals surface area contributed by atoms with Crippen molar-refractivity contribution >= 4 is 33.6 Å². The third-order valence-corrected chi connectivity index (χ3v) is 2.15. The predicted molar refractivity (Wildman–Crippen MR) is 61.0 cm³/mol. The number of aromatic amines is 1. The minimum absolute atomic E-state index is 0.118. The standard InChI is InChI=1S/C8H7BrN6O/c9-5-2-1-3-6(4-5)10-8(16)11-7-12-14-15-13-7/h1-4H,(H3,10,11,12,13,14,15,16). The molecule has 7 nitrogen and oxygen atoms in total. The lowest BCUT2D eigenvalue weighted by atomic mass is 10.3. The van der Waals surface area contributed by atoms with Crippen LogP contribution in [0.5, 0.6) is 0 Å². The topological polar surface area (TPSA) is 95.6 Å². The molecule has 0 bridgehead atoms. The van der Waals surface area contributed by atoms with Gasteiger partial charge in [-0.1, -0.05) is 27.1 Å². The molecule has 8 heteroatoms. The Morgan fingerprint density at radius 2 is 2.25 bits per heavy atom. The molecule has 82 valence electrons. The molecule has 0 spiro atoms. The largest absolute Gasteiger partial charge is 0.326 e. The van der Waals surface area contributed by atoms with E-state index in [0.29, 0.717) is 5.69 Å². The first-order valence-corrected chi connectivity index (χ1v) is 5.10. The summed E-state index contributed by atoms with van der Waals surface area (Å²) < 4.78 is 0.880. The van der Waals surface area contributed by atoms with Gasteiger partial charge in [0.2, 0.25) is 0 Å². The van der Waals surface area contributed by atoms with E-state index in [1.807, 2.05) is 12.1 Å². The van der Waals surface area contributed by atoms with Crippen LogP contribution in [0.25, 0.3) is 0 Å². The van der Waals surface area contributed by atoms with E-state index in [1.54, 1.807) is 12.1 Å². The maximum Gasteiger partial charge on any atom is 0.326 e. The number of nitrogens with one attached hydrogen (secondary N) is 3. The number of carbonyl (C=O) groups is 1. The van der Waals surface area contributed by atoms with E-state index < -0.39 is 6.03 Å². The quantitative estimate of drug-likeness (QED) is 0.780. The van der Waals surface area contributed by atoms with Crippen LogP contribution in [0, 0.1) is 0 Å². The van der Waals surface area contributed by atoms with Crippen molar-refractivity contribution in [3.8, 4) is 0 Å². The van der Waals surface area contributed by atoms with Crippen LogP contribution >= 0.6 is 15.9 Å². The Kier molecular flexibility index (Phi) is 3.10. The smallest absolute Gasteiger partial charge is 0.308 e. The number of aromatic nitrogens is 4. The van der Waals surface area contributed by atoms with Crippen molar-refractivity contribution < 1.29 is 4.79 Å². The molecule has 1 aromatic carbocycles. The van der Waals surface area contributed by atoms with Crippen LogP contribution in [0.4, 0.5) is 16.4 Å². The highest BCUT2D eigenvalue weighted by atomic mass is 79.9. The number of halogens is 1. The summed E-state index contributed by atoms with van der Waals surface area (Å²) in [6, 6.07) is 6.78. The van der Waals surface area contributed by atoms with Crippen molar-refractivity contribution in [1.82, 2.24) is 20.6 Å². The van der Waals surface area contributed by atoms with Gasteiger partial charge in [0.05, 0.1) is 0 Å². The Bertz CT molecular complexity index is 485. The highest BCUT2D eigenvalue weighted by Gasteiger charge is 2.05. The van der Waals surface area contributed by atoms with Crippen LogP contribution in [0.15, 0.2) is 28.7 Å². The van der Waals surface area contributed by atoms with Crippen molar-refractivity contribution in [2.45, 2.75) is 0 Å². The fourth-order valence-electron chi connectivity index (χ4n) is 1.04. The van der Waals surface area contributed by atoms with E-state index in [-0.39, 0.29) is 5.95 Å². The molecular weight excluding hydrogens is 276 g/mol. The second-order valence-corrected chi connectivity index (χ2v) is 3.74. The van der Waals surface area contributed by atoms with E-state index in [9.17, 15) is 4.79 Å². The number of benzene rings is 1. The van der Waals surface area contributed by atoms with Crippen LogP contribution in [-0.2, 0) is 0 Å². The first-order chi connectivity index (χ1) is 7.74. The lowest BCUT2D eigenvalue weighted by Crippen LogP contribution is -2.20. The monoisotopic (exact) mass is 282 g/mol. The highest BCUT2D eigenvalue weighted by molar-refractivity contribution is 9.10. The molecule has 0 radical (unpaired) electrons. The Labute approximate surface area is 98.8 Å². The second-order valence-electron chi connectivity index (χ2n) is 2.82. The Balaban J connectivity index is 1.97. The number of tetrazole rings is 1. The van der Waals surface area contributed by atoms with E-state index in [2.05, 4.69) is 47.2 Å². The summed E-state index contributed by atoms with van der Waals surface area (Å²) in [5.74, 6) is 0.118. The van der Waals surface area contributed by atoms with E-state index in [1.165, 1.54) is 0 Å². The molecule has 2 aromatic rings. The van der Waals surface area contributed by atoms with E-state index in [0.717, 1.165) is 4.47 Å². The van der Waals surface area contributed by atoms with Gasteiger partial charge >= 0.3 is 6.03 Å². The molecule has 0 aliphatic heterocycles. The maximum atomic E-state index is 11.4. The van der Waals surface area contributed by atoms with Gasteiger partial charge in [0, 0.05) is 10.2 Å². The van der Waals surface area contributed by atoms with Gasteiger partial charge in [-0.2, -0.15) is 5.21 Å². The van der Waals surface area contributed by atoms with Crippen molar-refractivity contribution in [2.75, 3.05) is 10.6 Å². The minimum Gasteiger partial charge on any atom is -0.308 e. The number of nitrogens with zero attached hydrogens (tertiary/aromatic N) is 3. The van der Waals surface area contributed by atoms with Gasteiger partial charge in [0.25, 0.3) is 5.95 Å². The third kappa shape index (κ3) is 2.76. The van der Waals surface area contributed by atoms with Crippen molar-refractivity contribution in [3.05, 3.63) is 28.7 Å². The molecule has 0 atom stereocenters. The van der Waals surface area contributed by atoms with Crippen molar-refractivity contribution in [3.63, 3.8) is 0 Å². The summed E-state index contributed by atoms with van der Waals surface area (Å²) in [5, 5.41) is 17.7. The second kappa shape index (κ2) is 4.71. The number of H-pyrrole nitrogens is 1. The number of urea groups is 1. The van der Waals surface area contributed by atoms with Crippen LogP contribution in [0.2, 0.25) is 0 Å². The highest BCUT2D eigenvalue weighted by Crippen LogP contribution is 2.15. The third-order valence-electron chi connectivity index (χ3n) is 1.65. The molecule has 2 rings (SSSR count). The minimum atomic E-state index is -0.431. The number of amides is 2. The number of hydrogen-bond donors (Lipinski definition) is 3. The summed E-state index contributed by atoms with van der Waals surface area (Å²) in [6.07, 6.45) is 0. The van der Waals surface area contributed by atoms with Crippen LogP contribution in [-0.4, -0.2) is 26.7 Å². The Morgan fingerprint density at radius 3 is 2.94 bits per heavy atom. The average Bonchev–Trinajstić information content (AvgIpc) is 2.70. The summed E-state index contributed by atoms with van der Waals surface area (Å²) >= 11 is 3.30. The van der Waals surface area contributed by atoms with Crippen LogP contribution < -0.4 is 10.6 Å². The number of carbonyl (C=O) groups excluding carboxylic acids is 1. The fraction of sp³-hybridized carbons (Fsp3) is 0. The van der Waals surface area contributed by atoms with Gasteiger partial charge in [-0.25, -0.2) is 4.79 Å². The van der Waals surface area contributed by atoms with Gasteiger partial charge < -0.3 is 5.32 Å². The Morgan fingerprint density at radius 1 is 1.38 bits per heavy atom. The predicted octanol–water partition coefficient (Wildman–Crippen LogP) is 1.61. The maximum absolute atomic E-state index is 11.4. The zero-order chi connectivity index (χ0) is 11.4. The van der Waals surface area contributed by atoms with Crippen molar-refractivity contribution in [1.29, 1.82) is 0 Å². The van der Waals surface area contributed by atoms with Crippen molar-refractivity contribution in [2.24, 2.45) is 0 Å². The van der Waals surface area contributed by atoms with E-state index >= 15 is 0 Å². The van der Waals surface area contributed by atoms with Gasteiger partial charge in [-0.05, 0) is 23.4 Å². The van der Waals surface area contributed by atoms with E-state index in [4.69, 9.17) is 0 Å². The zero-order valence-corrected chi connectivity index (χ0v) is 9.52. The number of anilines is 2. The fourth-order valence-corrected chi connectivity index (χ4v) is 1.44. The molecule has 0 saturated heterocycles. The summed E-state index contributed by atoms with van der Waals surface area (Å²) in [7, 11) is 0. The molecule has 0 aliphatic carbocycles. The first kappa shape index (κ1) is 10.6. The molecule has 0 saturated carbocycles. The molecule has 0 aliphatic rings. The first-order valence-electron chi connectivity index (χ1n) is 4.31. The lowest BCUT2D eigenvalue weighted by Gasteiger charge is -2.04. The van der Waals surface area contributed by atoms with Gasteiger partial charge in [-0.3, -0.25) is 5.32 Å². The van der Waals surface area contributed by atoms with Gasteiger partial charge in [0.15, 0.2) is 0 Å². The van der Waals surface area contributed by atoms with Gasteiger partial charge in [0.1, 0.15) is 0 Å². The lowest BCUT2D eigenvalue weighted by molar-refractivity contribution is 0.262. The summed E-state index contributed by atoms with van der Waals surface area (Å²) in [6.45, 7) is 0. The zero-order valence-electron chi connectivity index (χ0n) is 7.94. The average molecular weight is 283 g/mol. The molecule has 0 fully saturated rings. The number of rotatable bonds is 2. The molecule has 1 aromatic heterocycles. The summed E-state index contributed by atoms with van der Waals surface area (Å²) in [5.41, 5.74) is 0.662. The molecule has 3 N–H and O–H groups in total.